The summed E-state index contributed by atoms with van der Waals surface area (Å²) in [6.45, 7) is 7.19. The molecule has 0 aliphatic heterocycles. The molecule has 2 bridgehead atoms. The van der Waals surface area contributed by atoms with Crippen LogP contribution >= 0.6 is 0 Å². The topological polar surface area (TPSA) is 89.2 Å². The molecule has 1 heterocycles. The van der Waals surface area contributed by atoms with E-state index in [2.05, 4.69) is 24.0 Å². The van der Waals surface area contributed by atoms with Gasteiger partial charge < -0.3 is 10.6 Å². The van der Waals surface area contributed by atoms with Crippen LogP contribution in [-0.2, 0) is 15.0 Å². The zero-order valence-electron chi connectivity index (χ0n) is 18.6. The lowest BCUT2D eigenvalue weighted by Gasteiger charge is -2.41. The van der Waals surface area contributed by atoms with Crippen LogP contribution in [0.25, 0.3) is 11.3 Å². The van der Waals surface area contributed by atoms with Gasteiger partial charge in [0.25, 0.3) is 0 Å². The highest BCUT2D eigenvalue weighted by atomic mass is 19.1. The fourth-order valence-corrected chi connectivity index (χ4v) is 5.73. The summed E-state index contributed by atoms with van der Waals surface area (Å²) in [7, 11) is 0. The second kappa shape index (κ2) is 7.90. The van der Waals surface area contributed by atoms with Gasteiger partial charge in [-0.05, 0) is 54.9 Å². The summed E-state index contributed by atoms with van der Waals surface area (Å²) in [5.41, 5.74) is 6.36. The first-order valence-corrected chi connectivity index (χ1v) is 11.0. The van der Waals surface area contributed by atoms with Crippen molar-refractivity contribution in [3.8, 4) is 11.3 Å². The Bertz CT molecular complexity index is 1070. The number of likely N-dealkylation sites (N-methyl/N-ethyl adjacent to an activating group) is 1. The highest BCUT2D eigenvalue weighted by molar-refractivity contribution is 5.83. The van der Waals surface area contributed by atoms with Gasteiger partial charge in [0, 0.05) is 31.3 Å². The van der Waals surface area contributed by atoms with Crippen molar-refractivity contribution in [3.63, 3.8) is 0 Å². The van der Waals surface area contributed by atoms with Crippen LogP contribution in [0.2, 0.25) is 0 Å². The number of amides is 2. The molecule has 0 unspecified atom stereocenters. The fourth-order valence-electron chi connectivity index (χ4n) is 5.73. The number of halogens is 2. The van der Waals surface area contributed by atoms with Gasteiger partial charge in [0.15, 0.2) is 0 Å². The van der Waals surface area contributed by atoms with Gasteiger partial charge in [0.2, 0.25) is 11.8 Å². The average molecular weight is 443 g/mol. The number of aromatic nitrogens is 2. The summed E-state index contributed by atoms with van der Waals surface area (Å²) in [4.78, 5) is 25.7. The first-order valence-electron chi connectivity index (χ1n) is 11.0. The van der Waals surface area contributed by atoms with Crippen LogP contribution in [0.4, 0.5) is 8.78 Å². The standard InChI is InChI=1S/C24H28F2N4O2/c1-4-30(20(32)9-8-19(27)31)13-24-11-10-15(23(24,2)3)14-12-18(28-29-22(14)24)21-16(25)6-5-7-17(21)26/h5-7,12,15H,4,8-11,13H2,1-3H3,(H2,27,31)/t15-,24-/m1/s1. The maximum Gasteiger partial charge on any atom is 0.223 e. The van der Waals surface area contributed by atoms with Crippen LogP contribution in [0.3, 0.4) is 0 Å². The van der Waals surface area contributed by atoms with Crippen molar-refractivity contribution < 1.29 is 18.4 Å². The largest absolute Gasteiger partial charge is 0.370 e. The van der Waals surface area contributed by atoms with Gasteiger partial charge in [0.05, 0.1) is 17.0 Å². The number of carbonyl (C=O) groups is 2. The van der Waals surface area contributed by atoms with E-state index < -0.39 is 23.0 Å². The van der Waals surface area contributed by atoms with E-state index in [1.165, 1.54) is 18.2 Å². The zero-order chi connectivity index (χ0) is 23.3. The van der Waals surface area contributed by atoms with Crippen LogP contribution < -0.4 is 5.73 Å². The minimum atomic E-state index is -0.673. The van der Waals surface area contributed by atoms with Crippen LogP contribution in [-0.4, -0.2) is 40.0 Å². The van der Waals surface area contributed by atoms with Gasteiger partial charge in [0.1, 0.15) is 11.6 Å². The molecule has 2 aromatic rings. The Morgan fingerprint density at radius 3 is 2.50 bits per heavy atom. The Labute approximate surface area is 186 Å². The van der Waals surface area contributed by atoms with Gasteiger partial charge in [-0.25, -0.2) is 8.78 Å². The molecule has 1 fully saturated rings. The van der Waals surface area contributed by atoms with Crippen molar-refractivity contribution in [2.24, 2.45) is 11.1 Å². The Balaban J connectivity index is 1.72. The predicted molar refractivity (Wildman–Crippen MR) is 116 cm³/mol. The van der Waals surface area contributed by atoms with Crippen LogP contribution in [0.1, 0.15) is 63.6 Å². The molecule has 2 atom stereocenters. The van der Waals surface area contributed by atoms with E-state index in [9.17, 15) is 18.4 Å². The number of hydrogen-bond acceptors (Lipinski definition) is 4. The molecule has 170 valence electrons. The predicted octanol–water partition coefficient (Wildman–Crippen LogP) is 3.69. The molecular weight excluding hydrogens is 414 g/mol. The number of fused-ring (bicyclic) bond motifs is 5. The molecule has 8 heteroatoms. The summed E-state index contributed by atoms with van der Waals surface area (Å²) in [5.74, 6) is -1.81. The Morgan fingerprint density at radius 1 is 1.19 bits per heavy atom. The number of carbonyl (C=O) groups excluding carboxylic acids is 2. The van der Waals surface area contributed by atoms with Crippen molar-refractivity contribution in [3.05, 3.63) is 47.2 Å². The molecule has 1 aromatic heterocycles. The van der Waals surface area contributed by atoms with Crippen molar-refractivity contribution in [2.45, 2.75) is 57.8 Å². The van der Waals surface area contributed by atoms with Crippen molar-refractivity contribution in [1.29, 1.82) is 0 Å². The van der Waals surface area contributed by atoms with Gasteiger partial charge >= 0.3 is 0 Å². The van der Waals surface area contributed by atoms with E-state index in [-0.39, 0.29) is 41.3 Å². The lowest BCUT2D eigenvalue weighted by Crippen LogP contribution is -2.48. The molecular formula is C24H28F2N4O2. The first-order chi connectivity index (χ1) is 15.1. The third-order valence-corrected chi connectivity index (χ3v) is 7.62. The van der Waals surface area contributed by atoms with Gasteiger partial charge in [-0.15, -0.1) is 0 Å². The van der Waals surface area contributed by atoms with Crippen LogP contribution in [0, 0.1) is 17.0 Å². The number of primary amides is 1. The molecule has 2 amide bonds. The van der Waals surface area contributed by atoms with Crippen molar-refractivity contribution in [1.82, 2.24) is 15.1 Å². The molecule has 1 aromatic carbocycles. The monoisotopic (exact) mass is 442 g/mol. The number of benzene rings is 1. The van der Waals surface area contributed by atoms with E-state index in [1.807, 2.05) is 6.92 Å². The molecule has 0 radical (unpaired) electrons. The Hall–Kier alpha value is -2.90. The van der Waals surface area contributed by atoms with E-state index in [0.717, 1.165) is 24.1 Å². The van der Waals surface area contributed by atoms with E-state index in [4.69, 9.17) is 5.73 Å². The molecule has 2 N–H and O–H groups in total. The zero-order valence-corrected chi connectivity index (χ0v) is 18.6. The van der Waals surface area contributed by atoms with Crippen LogP contribution in [0.5, 0.6) is 0 Å². The van der Waals surface area contributed by atoms with Gasteiger partial charge in [-0.3, -0.25) is 9.59 Å². The average Bonchev–Trinajstić information content (AvgIpc) is 3.10. The second-order valence-corrected chi connectivity index (χ2v) is 9.40. The van der Waals surface area contributed by atoms with Crippen molar-refractivity contribution >= 4 is 11.8 Å². The molecule has 2 aliphatic rings. The summed E-state index contributed by atoms with van der Waals surface area (Å²) in [6.07, 6.45) is 1.84. The van der Waals surface area contributed by atoms with E-state index >= 15 is 0 Å². The van der Waals surface area contributed by atoms with Crippen LogP contribution in [0.15, 0.2) is 24.3 Å². The van der Waals surface area contributed by atoms with Gasteiger partial charge in [-0.1, -0.05) is 19.9 Å². The number of hydrogen-bond donors (Lipinski definition) is 1. The maximum atomic E-state index is 14.4. The Kier molecular flexibility index (Phi) is 5.51. The quantitative estimate of drug-likeness (QED) is 0.708. The minimum absolute atomic E-state index is 0.0162. The summed E-state index contributed by atoms with van der Waals surface area (Å²) in [6, 6.07) is 5.51. The first kappa shape index (κ1) is 22.3. The van der Waals surface area contributed by atoms with E-state index in [0.29, 0.717) is 13.1 Å². The molecule has 4 rings (SSSR count). The summed E-state index contributed by atoms with van der Waals surface area (Å²) < 4.78 is 28.7. The number of nitrogens with two attached hydrogens (primary N) is 1. The minimum Gasteiger partial charge on any atom is -0.370 e. The number of nitrogens with zero attached hydrogens (tertiary/aromatic N) is 3. The second-order valence-electron chi connectivity index (χ2n) is 9.40. The summed E-state index contributed by atoms with van der Waals surface area (Å²) >= 11 is 0. The number of rotatable bonds is 7. The van der Waals surface area contributed by atoms with Crippen molar-refractivity contribution in [2.75, 3.05) is 13.1 Å². The fraction of sp³-hybridized carbons (Fsp3) is 0.500. The smallest absolute Gasteiger partial charge is 0.223 e. The summed E-state index contributed by atoms with van der Waals surface area (Å²) in [5, 5.41) is 8.71. The highest BCUT2D eigenvalue weighted by Crippen LogP contribution is 2.67. The Morgan fingerprint density at radius 2 is 1.88 bits per heavy atom. The third kappa shape index (κ3) is 3.27. The molecule has 0 spiro atoms. The molecule has 0 saturated heterocycles. The molecule has 6 nitrogen and oxygen atoms in total. The maximum absolute atomic E-state index is 14.4. The molecule has 32 heavy (non-hydrogen) atoms. The molecule has 1 saturated carbocycles. The lowest BCUT2D eigenvalue weighted by molar-refractivity contribution is -0.134. The SMILES string of the molecule is CCN(C[C@]12CC[C@H](c3cc(-c4c(F)cccc4F)nnc31)C2(C)C)C(=O)CCC(N)=O. The third-order valence-electron chi connectivity index (χ3n) is 7.62. The highest BCUT2D eigenvalue weighted by Gasteiger charge is 2.63. The van der Waals surface area contributed by atoms with Gasteiger partial charge in [-0.2, -0.15) is 10.2 Å². The lowest BCUT2D eigenvalue weighted by atomic mass is 9.68. The normalized spacial score (nSPS) is 22.6. The van der Waals surface area contributed by atoms with E-state index in [1.54, 1.807) is 11.0 Å². The molecule has 2 aliphatic carbocycles.